The van der Waals surface area contributed by atoms with Gasteiger partial charge in [0.05, 0.1) is 9.37 Å². The van der Waals surface area contributed by atoms with Crippen molar-refractivity contribution in [3.05, 3.63) is 21.6 Å². The molecule has 1 atom stereocenters. The van der Waals surface area contributed by atoms with Crippen LogP contribution in [-0.4, -0.2) is 26.7 Å². The molecule has 0 heterocycles. The second-order valence-corrected chi connectivity index (χ2v) is 7.79. The average Bonchev–Trinajstić information content (AvgIpc) is 2.40. The Balaban J connectivity index is 2.91. The third-order valence-electron chi connectivity index (χ3n) is 3.12. The van der Waals surface area contributed by atoms with Crippen molar-refractivity contribution < 1.29 is 13.5 Å². The molecular formula is C13H20BrClN2O3S. The maximum atomic E-state index is 12.4. The molecule has 0 radical (unpaired) electrons. The van der Waals surface area contributed by atoms with E-state index in [1.54, 1.807) is 0 Å². The highest BCUT2D eigenvalue weighted by Crippen LogP contribution is 2.31. The Labute approximate surface area is 139 Å². The lowest BCUT2D eigenvalue weighted by Crippen LogP contribution is -2.30. The number of nitrogens with one attached hydrogen (secondary N) is 1. The van der Waals surface area contributed by atoms with Gasteiger partial charge < -0.3 is 10.8 Å². The smallest absolute Gasteiger partial charge is 0.241 e. The summed E-state index contributed by atoms with van der Waals surface area (Å²) >= 11 is 9.04. The summed E-state index contributed by atoms with van der Waals surface area (Å²) in [5.74, 6) is 0.102. The van der Waals surface area contributed by atoms with Crippen LogP contribution in [0.5, 0.6) is 0 Å². The van der Waals surface area contributed by atoms with E-state index in [2.05, 4.69) is 20.7 Å². The Bertz CT molecular complexity index is 575. The summed E-state index contributed by atoms with van der Waals surface area (Å²) in [5.41, 5.74) is 5.98. The first-order valence-electron chi connectivity index (χ1n) is 6.66. The molecule has 0 bridgehead atoms. The van der Waals surface area contributed by atoms with Gasteiger partial charge in [0.2, 0.25) is 10.0 Å². The van der Waals surface area contributed by atoms with Crippen LogP contribution < -0.4 is 10.5 Å². The number of hydrogen-bond acceptors (Lipinski definition) is 4. The molecule has 0 saturated heterocycles. The number of anilines is 1. The van der Waals surface area contributed by atoms with Gasteiger partial charge in [-0.1, -0.05) is 24.9 Å². The Morgan fingerprint density at radius 3 is 2.67 bits per heavy atom. The highest BCUT2D eigenvalue weighted by Gasteiger charge is 2.21. The third-order valence-corrected chi connectivity index (χ3v) is 5.93. The molecule has 1 aromatic carbocycles. The Morgan fingerprint density at radius 2 is 2.10 bits per heavy atom. The van der Waals surface area contributed by atoms with Gasteiger partial charge in [-0.3, -0.25) is 0 Å². The molecule has 4 N–H and O–H groups in total. The molecule has 5 nitrogen and oxygen atoms in total. The summed E-state index contributed by atoms with van der Waals surface area (Å²) in [5, 5.41) is 9.27. The summed E-state index contributed by atoms with van der Waals surface area (Å²) in [6, 6.07) is 2.83. The summed E-state index contributed by atoms with van der Waals surface area (Å²) in [6.07, 6.45) is 2.34. The predicted octanol–water partition coefficient (Wildman–Crippen LogP) is 2.76. The molecule has 1 aromatic rings. The minimum Gasteiger partial charge on any atom is -0.398 e. The van der Waals surface area contributed by atoms with Crippen LogP contribution in [0.2, 0.25) is 5.02 Å². The lowest BCUT2D eigenvalue weighted by molar-refractivity contribution is 0.251. The molecule has 0 aromatic heterocycles. The fourth-order valence-corrected chi connectivity index (χ4v) is 4.43. The molecule has 0 fully saturated rings. The maximum absolute atomic E-state index is 12.4. The SMILES string of the molecule is CCCC(CCO)CNS(=O)(=O)c1cc(Cl)cc(N)c1Br. The van der Waals surface area contributed by atoms with E-state index in [4.69, 9.17) is 22.4 Å². The molecular weight excluding hydrogens is 380 g/mol. The summed E-state index contributed by atoms with van der Waals surface area (Å²) in [7, 11) is -3.71. The first-order chi connectivity index (χ1) is 9.81. The fraction of sp³-hybridized carbons (Fsp3) is 0.538. The van der Waals surface area contributed by atoms with Gasteiger partial charge in [0, 0.05) is 23.9 Å². The van der Waals surface area contributed by atoms with Gasteiger partial charge in [0.25, 0.3) is 0 Å². The Morgan fingerprint density at radius 1 is 1.43 bits per heavy atom. The molecule has 21 heavy (non-hydrogen) atoms. The molecule has 0 aliphatic carbocycles. The minimum absolute atomic E-state index is 0.0201. The van der Waals surface area contributed by atoms with E-state index < -0.39 is 10.0 Å². The first-order valence-corrected chi connectivity index (χ1v) is 9.32. The zero-order chi connectivity index (χ0) is 16.0. The highest BCUT2D eigenvalue weighted by atomic mass is 79.9. The number of halogens is 2. The maximum Gasteiger partial charge on any atom is 0.241 e. The average molecular weight is 400 g/mol. The van der Waals surface area contributed by atoms with E-state index >= 15 is 0 Å². The van der Waals surface area contributed by atoms with E-state index in [1.807, 2.05) is 6.92 Å². The largest absolute Gasteiger partial charge is 0.398 e. The van der Waals surface area contributed by atoms with Crippen molar-refractivity contribution in [2.45, 2.75) is 31.1 Å². The Kier molecular flexibility index (Phi) is 7.42. The molecule has 8 heteroatoms. The third kappa shape index (κ3) is 5.41. The van der Waals surface area contributed by atoms with Gasteiger partial charge in [-0.15, -0.1) is 0 Å². The number of nitrogens with two attached hydrogens (primary N) is 1. The standard InChI is InChI=1S/C13H20BrClN2O3S/c1-2-3-9(4-5-18)8-17-21(19,20)12-7-10(15)6-11(16)13(12)14/h6-7,9,17-18H,2-5,8,16H2,1H3. The summed E-state index contributed by atoms with van der Waals surface area (Å²) in [6.45, 7) is 2.34. The van der Waals surface area contributed by atoms with Crippen molar-refractivity contribution >= 4 is 43.2 Å². The molecule has 0 aliphatic heterocycles. The van der Waals surface area contributed by atoms with Gasteiger partial charge >= 0.3 is 0 Å². The number of rotatable bonds is 8. The van der Waals surface area contributed by atoms with Crippen molar-refractivity contribution in [2.24, 2.45) is 5.92 Å². The molecule has 120 valence electrons. The lowest BCUT2D eigenvalue weighted by atomic mass is 10.0. The fourth-order valence-electron chi connectivity index (χ4n) is 2.02. The van der Waals surface area contributed by atoms with Gasteiger partial charge in [-0.2, -0.15) is 0 Å². The van der Waals surface area contributed by atoms with E-state index in [0.29, 0.717) is 10.9 Å². The van der Waals surface area contributed by atoms with Crippen LogP contribution in [0.3, 0.4) is 0 Å². The van der Waals surface area contributed by atoms with Gasteiger partial charge in [0.1, 0.15) is 0 Å². The molecule has 1 unspecified atom stereocenters. The van der Waals surface area contributed by atoms with Crippen molar-refractivity contribution in [3.8, 4) is 0 Å². The van der Waals surface area contributed by atoms with Crippen LogP contribution in [-0.2, 0) is 10.0 Å². The lowest BCUT2D eigenvalue weighted by Gasteiger charge is -2.16. The van der Waals surface area contributed by atoms with Gasteiger partial charge in [0.15, 0.2) is 0 Å². The van der Waals surface area contributed by atoms with E-state index in [0.717, 1.165) is 12.8 Å². The number of benzene rings is 1. The van der Waals surface area contributed by atoms with Crippen molar-refractivity contribution in [1.29, 1.82) is 0 Å². The van der Waals surface area contributed by atoms with E-state index in [-0.39, 0.29) is 34.7 Å². The number of sulfonamides is 1. The van der Waals surface area contributed by atoms with Crippen molar-refractivity contribution in [2.75, 3.05) is 18.9 Å². The second-order valence-electron chi connectivity index (χ2n) is 4.83. The van der Waals surface area contributed by atoms with Crippen LogP contribution in [0.15, 0.2) is 21.5 Å². The first kappa shape index (κ1) is 18.7. The van der Waals surface area contributed by atoms with Crippen LogP contribution in [0.1, 0.15) is 26.2 Å². The predicted molar refractivity (Wildman–Crippen MR) is 88.9 cm³/mol. The number of aliphatic hydroxyl groups is 1. The minimum atomic E-state index is -3.71. The molecule has 0 aliphatic rings. The van der Waals surface area contributed by atoms with E-state index in [9.17, 15) is 8.42 Å². The highest BCUT2D eigenvalue weighted by molar-refractivity contribution is 9.10. The zero-order valence-corrected chi connectivity index (χ0v) is 14.9. The number of aliphatic hydroxyl groups excluding tert-OH is 1. The van der Waals surface area contributed by atoms with E-state index in [1.165, 1.54) is 12.1 Å². The molecule has 0 saturated carbocycles. The van der Waals surface area contributed by atoms with Gasteiger partial charge in [-0.25, -0.2) is 13.1 Å². The quantitative estimate of drug-likeness (QED) is 0.586. The van der Waals surface area contributed by atoms with Crippen LogP contribution in [0.4, 0.5) is 5.69 Å². The van der Waals surface area contributed by atoms with Crippen molar-refractivity contribution in [3.63, 3.8) is 0 Å². The second kappa shape index (κ2) is 8.33. The topological polar surface area (TPSA) is 92.4 Å². The van der Waals surface area contributed by atoms with Crippen LogP contribution in [0, 0.1) is 5.92 Å². The number of hydrogen-bond donors (Lipinski definition) is 3. The normalized spacial score (nSPS) is 13.3. The molecule has 1 rings (SSSR count). The van der Waals surface area contributed by atoms with Crippen LogP contribution in [0.25, 0.3) is 0 Å². The van der Waals surface area contributed by atoms with Gasteiger partial charge in [-0.05, 0) is 46.8 Å². The zero-order valence-electron chi connectivity index (χ0n) is 11.8. The molecule has 0 amide bonds. The summed E-state index contributed by atoms with van der Waals surface area (Å²) < 4.78 is 27.6. The molecule has 0 spiro atoms. The monoisotopic (exact) mass is 398 g/mol. The van der Waals surface area contributed by atoms with Crippen molar-refractivity contribution in [1.82, 2.24) is 4.72 Å². The van der Waals surface area contributed by atoms with Crippen LogP contribution >= 0.6 is 27.5 Å². The number of nitrogen functional groups attached to an aromatic ring is 1. The summed E-state index contributed by atoms with van der Waals surface area (Å²) in [4.78, 5) is 0.0201. The Hall–Kier alpha value is -0.340.